The molecule has 9 nitrogen and oxygen atoms in total. The third-order valence-corrected chi connectivity index (χ3v) is 8.42. The highest BCUT2D eigenvalue weighted by Gasteiger charge is 2.38. The Morgan fingerprint density at radius 1 is 1.14 bits per heavy atom. The highest BCUT2D eigenvalue weighted by molar-refractivity contribution is 7.90. The van der Waals surface area contributed by atoms with Crippen LogP contribution in [0.25, 0.3) is 11.1 Å². The van der Waals surface area contributed by atoms with Crippen LogP contribution in [-0.2, 0) is 22.7 Å². The number of rotatable bonds is 4. The van der Waals surface area contributed by atoms with Crippen LogP contribution in [0.1, 0.15) is 16.7 Å². The minimum atomic E-state index is -4.67. The Morgan fingerprint density at radius 3 is 2.49 bits per heavy atom. The number of hydrogen-bond acceptors (Lipinski definition) is 8. The van der Waals surface area contributed by atoms with Crippen molar-refractivity contribution in [2.45, 2.75) is 19.6 Å². The van der Waals surface area contributed by atoms with Crippen molar-refractivity contribution in [3.05, 3.63) is 52.4 Å². The van der Waals surface area contributed by atoms with Crippen LogP contribution >= 0.6 is 11.6 Å². The number of aryl methyl sites for hydroxylation is 1. The topological polar surface area (TPSA) is 111 Å². The molecule has 0 aliphatic carbocycles. The molecule has 2 aromatic heterocycles. The number of quaternary nitrogens is 1. The van der Waals surface area contributed by atoms with Gasteiger partial charge in [0, 0.05) is 36.1 Å². The Kier molecular flexibility index (Phi) is 6.76. The zero-order valence-electron chi connectivity index (χ0n) is 20.5. The summed E-state index contributed by atoms with van der Waals surface area (Å²) in [5.41, 5.74) is 7.51. The highest BCUT2D eigenvalue weighted by Crippen LogP contribution is 2.40. The van der Waals surface area contributed by atoms with Crippen molar-refractivity contribution in [1.29, 1.82) is 0 Å². The minimum absolute atomic E-state index is 0.0428. The van der Waals surface area contributed by atoms with Crippen LogP contribution in [-0.4, -0.2) is 56.9 Å². The number of ether oxygens (including phenoxy) is 1. The lowest BCUT2D eigenvalue weighted by molar-refractivity contribution is -0.137. The van der Waals surface area contributed by atoms with E-state index in [0.29, 0.717) is 28.6 Å². The molecule has 0 unspecified atom stereocenters. The van der Waals surface area contributed by atoms with Crippen molar-refractivity contribution < 1.29 is 26.3 Å². The molecule has 1 aliphatic rings. The molecule has 0 saturated heterocycles. The van der Waals surface area contributed by atoms with Gasteiger partial charge in [0.25, 0.3) is 10.0 Å². The van der Waals surface area contributed by atoms with Crippen LogP contribution < -0.4 is 19.3 Å². The van der Waals surface area contributed by atoms with Gasteiger partial charge in [-0.25, -0.2) is 9.97 Å². The summed E-state index contributed by atoms with van der Waals surface area (Å²) in [7, 11) is -0.614. The van der Waals surface area contributed by atoms with Gasteiger partial charge in [0.1, 0.15) is 23.7 Å². The third-order valence-electron chi connectivity index (χ3n) is 6.28. The van der Waals surface area contributed by atoms with Crippen LogP contribution in [0.5, 0.6) is 5.75 Å². The molecule has 4 rings (SSSR count). The number of pyridine rings is 1. The number of fused-ring (bicyclic) bond motifs is 1. The molecule has 0 bridgehead atoms. The fourth-order valence-corrected chi connectivity index (χ4v) is 4.90. The van der Waals surface area contributed by atoms with Gasteiger partial charge in [0.2, 0.25) is 5.95 Å². The average molecular weight is 558 g/mol. The van der Waals surface area contributed by atoms with Crippen LogP contribution in [0, 0.1) is 6.92 Å². The van der Waals surface area contributed by atoms with E-state index in [4.69, 9.17) is 22.1 Å². The van der Waals surface area contributed by atoms with Gasteiger partial charge >= 0.3 is 6.18 Å². The Morgan fingerprint density at radius 2 is 1.84 bits per heavy atom. The number of nitrogen functional groups attached to an aromatic ring is 1. The zero-order chi connectivity index (χ0) is 27.3. The van der Waals surface area contributed by atoms with Crippen molar-refractivity contribution in [2.75, 3.05) is 44.1 Å². The molecule has 0 amide bonds. The van der Waals surface area contributed by atoms with Crippen LogP contribution in [0.15, 0.2) is 30.6 Å². The van der Waals surface area contributed by atoms with Gasteiger partial charge in [-0.05, 0) is 30.2 Å². The van der Waals surface area contributed by atoms with Crippen LogP contribution in [0.4, 0.5) is 30.6 Å². The number of benzene rings is 1. The van der Waals surface area contributed by atoms with Crippen LogP contribution in [0.3, 0.4) is 0 Å². The standard InChI is InChI=1S/C23H25ClF3N6O3S/c1-13-7-14(15-9-18(20(24)29-10-15)33(2,3)37(4,34)35)8-16-12-32(5-6-36-19(13)16)21-17(23(25,26)27)11-30-22(28)31-21/h7-11H,5-6,12H2,1-4H3,(H2,28,30,31)/q+1. The molecule has 3 aromatic rings. The van der Waals surface area contributed by atoms with Gasteiger partial charge in [-0.1, -0.05) is 11.6 Å². The molecule has 0 fully saturated rings. The van der Waals surface area contributed by atoms with Crippen molar-refractivity contribution in [1.82, 2.24) is 18.8 Å². The number of hydrogen-bond donors (Lipinski definition) is 1. The number of aromatic nitrogens is 3. The van der Waals surface area contributed by atoms with Gasteiger partial charge in [0.15, 0.2) is 10.8 Å². The first kappa shape index (κ1) is 26.9. The summed E-state index contributed by atoms with van der Waals surface area (Å²) in [5.74, 6) is -0.0527. The van der Waals surface area contributed by atoms with E-state index < -0.39 is 25.7 Å². The normalized spacial score (nSPS) is 14.6. The lowest BCUT2D eigenvalue weighted by atomic mass is 9.99. The van der Waals surface area contributed by atoms with Gasteiger partial charge < -0.3 is 15.4 Å². The predicted molar refractivity (Wildman–Crippen MR) is 136 cm³/mol. The Balaban J connectivity index is 1.81. The van der Waals surface area contributed by atoms with Crippen molar-refractivity contribution >= 4 is 39.1 Å². The molecule has 14 heteroatoms. The molecule has 0 saturated carbocycles. The van der Waals surface area contributed by atoms with Crippen molar-refractivity contribution in [3.63, 3.8) is 0 Å². The maximum atomic E-state index is 13.7. The lowest BCUT2D eigenvalue weighted by Crippen LogP contribution is -2.46. The first-order valence-electron chi connectivity index (χ1n) is 11.0. The first-order valence-corrected chi connectivity index (χ1v) is 13.2. The molecule has 198 valence electrons. The molecular formula is C23H25ClF3N6O3S+. The summed E-state index contributed by atoms with van der Waals surface area (Å²) in [4.78, 5) is 13.0. The smallest absolute Gasteiger partial charge is 0.421 e. The predicted octanol–water partition coefficient (Wildman–Crippen LogP) is 4.03. The first-order chi connectivity index (χ1) is 17.1. The summed E-state index contributed by atoms with van der Waals surface area (Å²) in [6, 6.07) is 5.25. The number of nitrogens with zero attached hydrogens (tertiary/aromatic N) is 5. The van der Waals surface area contributed by atoms with Crippen LogP contribution in [0.2, 0.25) is 5.15 Å². The van der Waals surface area contributed by atoms with Gasteiger partial charge in [-0.2, -0.15) is 30.5 Å². The molecule has 0 radical (unpaired) electrons. The maximum Gasteiger partial charge on any atom is 0.421 e. The number of nitrogens with two attached hydrogens (primary N) is 1. The fourth-order valence-electron chi connectivity index (χ4n) is 4.04. The highest BCUT2D eigenvalue weighted by atomic mass is 35.5. The van der Waals surface area contributed by atoms with Crippen molar-refractivity contribution in [3.8, 4) is 16.9 Å². The number of anilines is 2. The fraction of sp³-hybridized carbons (Fsp3) is 0.348. The monoisotopic (exact) mass is 557 g/mol. The zero-order valence-corrected chi connectivity index (χ0v) is 22.0. The molecular weight excluding hydrogens is 533 g/mol. The van der Waals surface area contributed by atoms with E-state index in [1.165, 1.54) is 25.2 Å². The van der Waals surface area contributed by atoms with Gasteiger partial charge in [-0.3, -0.25) is 0 Å². The summed E-state index contributed by atoms with van der Waals surface area (Å²) >= 11 is 6.26. The second-order valence-electron chi connectivity index (χ2n) is 9.13. The average Bonchev–Trinajstić information content (AvgIpc) is 3.00. The van der Waals surface area contributed by atoms with E-state index >= 15 is 0 Å². The summed E-state index contributed by atoms with van der Waals surface area (Å²) in [6.45, 7) is 2.14. The van der Waals surface area contributed by atoms with Gasteiger partial charge in [0.05, 0.1) is 26.9 Å². The Hall–Kier alpha value is -3.16. The summed E-state index contributed by atoms with van der Waals surface area (Å²) in [5, 5.41) is 0.0428. The third kappa shape index (κ3) is 5.15. The molecule has 1 aliphatic heterocycles. The molecule has 2 N–H and O–H groups in total. The number of alkyl halides is 3. The summed E-state index contributed by atoms with van der Waals surface area (Å²) < 4.78 is 71.2. The molecule has 37 heavy (non-hydrogen) atoms. The SMILES string of the molecule is Cc1cc(-c2cnc(Cl)c([N+](C)(C)S(C)(=O)=O)c2)cc2c1OCCN(c1nc(N)ncc1C(F)(F)F)C2. The second kappa shape index (κ2) is 9.30. The minimum Gasteiger partial charge on any atom is -0.491 e. The number of halogens is 4. The van der Waals surface area contributed by atoms with Gasteiger partial charge in [-0.15, -0.1) is 0 Å². The largest absolute Gasteiger partial charge is 0.491 e. The van der Waals surface area contributed by atoms with Crippen molar-refractivity contribution in [2.24, 2.45) is 0 Å². The lowest BCUT2D eigenvalue weighted by Gasteiger charge is -2.27. The van der Waals surface area contributed by atoms with E-state index in [1.807, 2.05) is 13.0 Å². The molecule has 3 heterocycles. The number of sulfonamides is 1. The van der Waals surface area contributed by atoms with E-state index in [-0.39, 0.29) is 42.3 Å². The molecule has 0 spiro atoms. The van der Waals surface area contributed by atoms with E-state index in [1.54, 1.807) is 12.1 Å². The quantitative estimate of drug-likeness (QED) is 0.378. The van der Waals surface area contributed by atoms with E-state index in [2.05, 4.69) is 15.0 Å². The van der Waals surface area contributed by atoms with E-state index in [0.717, 1.165) is 11.8 Å². The Labute approximate surface area is 217 Å². The maximum absolute atomic E-state index is 13.7. The molecule has 1 aromatic carbocycles. The second-order valence-corrected chi connectivity index (χ2v) is 11.9. The molecule has 0 atom stereocenters. The van der Waals surface area contributed by atoms with E-state index in [9.17, 15) is 21.6 Å². The Bertz CT molecular complexity index is 1480. The summed E-state index contributed by atoms with van der Waals surface area (Å²) in [6.07, 6.45) is -1.39.